The molecule has 2 N–H and O–H groups in total. The van der Waals surface area contributed by atoms with E-state index in [1.165, 1.54) is 6.20 Å². The van der Waals surface area contributed by atoms with Crippen molar-refractivity contribution in [1.82, 2.24) is 4.98 Å². The summed E-state index contributed by atoms with van der Waals surface area (Å²) in [5, 5.41) is 0. The lowest BCUT2D eigenvalue weighted by Gasteiger charge is -2.27. The molecular weight excluding hydrogens is 323 g/mol. The van der Waals surface area contributed by atoms with Crippen LogP contribution >= 0.6 is 15.9 Å². The van der Waals surface area contributed by atoms with Crippen LogP contribution < -0.4 is 10.6 Å². The molecule has 108 valence electrons. The van der Waals surface area contributed by atoms with Gasteiger partial charge in [-0.25, -0.2) is 4.98 Å². The molecular formula is C12H17BrF3N3. The molecule has 1 aromatic rings. The third-order valence-electron chi connectivity index (χ3n) is 2.42. The van der Waals surface area contributed by atoms with Gasteiger partial charge in [-0.2, -0.15) is 13.2 Å². The maximum absolute atomic E-state index is 13.0. The van der Waals surface area contributed by atoms with E-state index in [-0.39, 0.29) is 18.3 Å². The Balaban J connectivity index is 3.21. The number of rotatable bonds is 5. The molecule has 1 rings (SSSR count). The van der Waals surface area contributed by atoms with Crippen molar-refractivity contribution in [3.05, 3.63) is 22.3 Å². The van der Waals surface area contributed by atoms with Crippen LogP contribution in [0, 0.1) is 5.92 Å². The highest BCUT2D eigenvalue weighted by molar-refractivity contribution is 9.10. The monoisotopic (exact) mass is 339 g/mol. The first kappa shape index (κ1) is 16.2. The predicted octanol–water partition coefficient (Wildman–Crippen LogP) is 3.28. The minimum Gasteiger partial charge on any atom is -0.355 e. The zero-order valence-electron chi connectivity index (χ0n) is 10.8. The Hall–Kier alpha value is -0.820. The summed E-state index contributed by atoms with van der Waals surface area (Å²) in [6.45, 7) is 4.98. The highest BCUT2D eigenvalue weighted by Crippen LogP contribution is 2.36. The number of pyridine rings is 1. The molecule has 0 aliphatic rings. The summed E-state index contributed by atoms with van der Waals surface area (Å²) in [4.78, 5) is 5.50. The number of hydrogen-bond donors (Lipinski definition) is 1. The standard InChI is InChI=1S/C12H17BrF3N3/c1-8(2)7-19(4-3-17)11-10(12(14,15)16)5-9(13)6-18-11/h5-6,8H,3-4,7,17H2,1-2H3. The highest BCUT2D eigenvalue weighted by atomic mass is 79.9. The van der Waals surface area contributed by atoms with E-state index in [4.69, 9.17) is 5.73 Å². The van der Waals surface area contributed by atoms with Crippen LogP contribution in [0.2, 0.25) is 0 Å². The van der Waals surface area contributed by atoms with Gasteiger partial charge in [-0.05, 0) is 27.9 Å². The molecule has 19 heavy (non-hydrogen) atoms. The fourth-order valence-electron chi connectivity index (χ4n) is 1.77. The quantitative estimate of drug-likeness (QED) is 0.895. The minimum absolute atomic E-state index is 0.0603. The van der Waals surface area contributed by atoms with Crippen LogP contribution in [-0.4, -0.2) is 24.6 Å². The third-order valence-corrected chi connectivity index (χ3v) is 2.86. The van der Waals surface area contributed by atoms with E-state index < -0.39 is 11.7 Å². The van der Waals surface area contributed by atoms with E-state index in [1.807, 2.05) is 13.8 Å². The second-order valence-electron chi connectivity index (χ2n) is 4.65. The predicted molar refractivity (Wildman–Crippen MR) is 73.0 cm³/mol. The topological polar surface area (TPSA) is 42.1 Å². The summed E-state index contributed by atoms with van der Waals surface area (Å²) in [6.07, 6.45) is -3.07. The summed E-state index contributed by atoms with van der Waals surface area (Å²) in [5.41, 5.74) is 4.73. The average molecular weight is 340 g/mol. The molecule has 0 aromatic carbocycles. The van der Waals surface area contributed by atoms with Gasteiger partial charge in [0.15, 0.2) is 0 Å². The van der Waals surface area contributed by atoms with Gasteiger partial charge in [-0.15, -0.1) is 0 Å². The smallest absolute Gasteiger partial charge is 0.355 e. The van der Waals surface area contributed by atoms with E-state index in [9.17, 15) is 13.2 Å². The van der Waals surface area contributed by atoms with Crippen molar-refractivity contribution in [2.45, 2.75) is 20.0 Å². The largest absolute Gasteiger partial charge is 0.419 e. The Morgan fingerprint density at radius 3 is 2.53 bits per heavy atom. The number of anilines is 1. The van der Waals surface area contributed by atoms with Crippen molar-refractivity contribution in [3.8, 4) is 0 Å². The number of nitrogens with two attached hydrogens (primary N) is 1. The first-order chi connectivity index (χ1) is 8.75. The Morgan fingerprint density at radius 1 is 1.42 bits per heavy atom. The van der Waals surface area contributed by atoms with Crippen LogP contribution in [0.15, 0.2) is 16.7 Å². The van der Waals surface area contributed by atoms with Crippen molar-refractivity contribution in [2.75, 3.05) is 24.5 Å². The van der Waals surface area contributed by atoms with E-state index in [0.717, 1.165) is 6.07 Å². The van der Waals surface area contributed by atoms with Crippen LogP contribution in [0.25, 0.3) is 0 Å². The molecule has 0 aliphatic heterocycles. The highest BCUT2D eigenvalue weighted by Gasteiger charge is 2.36. The molecule has 0 spiro atoms. The fourth-order valence-corrected chi connectivity index (χ4v) is 2.10. The molecule has 0 amide bonds. The maximum atomic E-state index is 13.0. The lowest BCUT2D eigenvalue weighted by atomic mass is 10.1. The van der Waals surface area contributed by atoms with Crippen molar-refractivity contribution < 1.29 is 13.2 Å². The van der Waals surface area contributed by atoms with Crippen LogP contribution in [0.4, 0.5) is 19.0 Å². The maximum Gasteiger partial charge on any atom is 0.419 e. The molecule has 0 unspecified atom stereocenters. The lowest BCUT2D eigenvalue weighted by Crippen LogP contribution is -2.35. The molecule has 0 aliphatic carbocycles. The number of nitrogens with zero attached hydrogens (tertiary/aromatic N) is 2. The lowest BCUT2D eigenvalue weighted by molar-refractivity contribution is -0.137. The fraction of sp³-hybridized carbons (Fsp3) is 0.583. The molecule has 1 aromatic heterocycles. The van der Waals surface area contributed by atoms with Gasteiger partial charge in [0.25, 0.3) is 0 Å². The molecule has 3 nitrogen and oxygen atoms in total. The van der Waals surface area contributed by atoms with Gasteiger partial charge in [0.2, 0.25) is 0 Å². The van der Waals surface area contributed by atoms with Crippen LogP contribution in [0.3, 0.4) is 0 Å². The second kappa shape index (κ2) is 6.56. The van der Waals surface area contributed by atoms with Gasteiger partial charge >= 0.3 is 6.18 Å². The molecule has 7 heteroatoms. The van der Waals surface area contributed by atoms with Crippen LogP contribution in [0.1, 0.15) is 19.4 Å². The first-order valence-corrected chi connectivity index (χ1v) is 6.72. The average Bonchev–Trinajstić information content (AvgIpc) is 2.26. The Labute approximate surface area is 119 Å². The normalized spacial score (nSPS) is 12.0. The van der Waals surface area contributed by atoms with Crippen molar-refractivity contribution in [3.63, 3.8) is 0 Å². The number of alkyl halides is 3. The van der Waals surface area contributed by atoms with E-state index in [2.05, 4.69) is 20.9 Å². The van der Waals surface area contributed by atoms with Gasteiger partial charge in [-0.3, -0.25) is 0 Å². The van der Waals surface area contributed by atoms with Gasteiger partial charge in [0.1, 0.15) is 5.82 Å². The molecule has 1 heterocycles. The Morgan fingerprint density at radius 2 is 2.05 bits per heavy atom. The Kier molecular flexibility index (Phi) is 5.61. The summed E-state index contributed by atoms with van der Waals surface area (Å²) in [7, 11) is 0. The number of aromatic nitrogens is 1. The summed E-state index contributed by atoms with van der Waals surface area (Å²) in [6, 6.07) is 1.05. The number of hydrogen-bond acceptors (Lipinski definition) is 3. The van der Waals surface area contributed by atoms with Gasteiger partial charge < -0.3 is 10.6 Å². The third kappa shape index (κ3) is 4.65. The zero-order chi connectivity index (χ0) is 14.6. The van der Waals surface area contributed by atoms with Crippen molar-refractivity contribution >= 4 is 21.7 Å². The Bertz CT molecular complexity index is 421. The molecule has 0 saturated heterocycles. The molecule has 0 radical (unpaired) electrons. The molecule has 0 saturated carbocycles. The van der Waals surface area contributed by atoms with Crippen LogP contribution in [-0.2, 0) is 6.18 Å². The van der Waals surface area contributed by atoms with E-state index in [0.29, 0.717) is 17.6 Å². The summed E-state index contributed by atoms with van der Waals surface area (Å²) in [5.74, 6) is 0.160. The van der Waals surface area contributed by atoms with Crippen LogP contribution in [0.5, 0.6) is 0 Å². The van der Waals surface area contributed by atoms with E-state index in [1.54, 1.807) is 4.90 Å². The minimum atomic E-state index is -4.43. The zero-order valence-corrected chi connectivity index (χ0v) is 12.4. The van der Waals surface area contributed by atoms with E-state index >= 15 is 0 Å². The SMILES string of the molecule is CC(C)CN(CCN)c1ncc(Br)cc1C(F)(F)F. The van der Waals surface area contributed by atoms with Crippen molar-refractivity contribution in [2.24, 2.45) is 11.7 Å². The molecule has 0 atom stereocenters. The van der Waals surface area contributed by atoms with Gasteiger partial charge in [-0.1, -0.05) is 13.8 Å². The summed E-state index contributed by atoms with van der Waals surface area (Å²) >= 11 is 3.02. The molecule has 0 fully saturated rings. The van der Waals surface area contributed by atoms with Gasteiger partial charge in [0, 0.05) is 30.3 Å². The van der Waals surface area contributed by atoms with Gasteiger partial charge in [0.05, 0.1) is 5.56 Å². The molecule has 0 bridgehead atoms. The second-order valence-corrected chi connectivity index (χ2v) is 5.57. The summed E-state index contributed by atoms with van der Waals surface area (Å²) < 4.78 is 39.4. The number of halogens is 4. The first-order valence-electron chi connectivity index (χ1n) is 5.93. The van der Waals surface area contributed by atoms with Crippen molar-refractivity contribution in [1.29, 1.82) is 0 Å².